The number of carboxylic acids is 4. The summed E-state index contributed by atoms with van der Waals surface area (Å²) in [6.07, 6.45) is -2.06. The molecule has 0 amide bonds. The van der Waals surface area contributed by atoms with E-state index in [-0.39, 0.29) is 51.0 Å². The molecule has 0 heterocycles. The minimum atomic E-state index is -1.63. The molecule has 0 bridgehead atoms. The molecule has 0 atom stereocenters. The zero-order chi connectivity index (χ0) is 11.7. The molecule has 0 fully saturated rings. The molecule has 14 nitrogen and oxygen atoms in total. The molecule has 0 rings (SSSR count). The zero-order valence-corrected chi connectivity index (χ0v) is 12.2. The number of hydrogen-bond donors (Lipinski definition) is 2. The van der Waals surface area contributed by atoms with Crippen LogP contribution in [0.2, 0.25) is 0 Å². The first-order valence-electron chi connectivity index (χ1n) is 3.05. The summed E-state index contributed by atoms with van der Waals surface area (Å²) in [4.78, 5) is 37.1. The molecule has 135 valence electrons. The Labute approximate surface area is 128 Å². The van der Waals surface area contributed by atoms with E-state index in [2.05, 4.69) is 0 Å². The van der Waals surface area contributed by atoms with Gasteiger partial charge in [-0.05, 0) is 0 Å². The Bertz CT molecular complexity index is 210. The molecule has 0 unspecified atom stereocenters. The third-order valence-corrected chi connectivity index (χ3v) is 0.577. The quantitative estimate of drug-likeness (QED) is 0.350. The predicted molar refractivity (Wildman–Crippen MR) is 58.2 cm³/mol. The third-order valence-electron chi connectivity index (χ3n) is 0.577. The van der Waals surface area contributed by atoms with E-state index in [4.69, 9.17) is 0 Å². The molecule has 0 aliphatic carbocycles. The standard InChI is InChI=1S/2C3H4O4.Co.2H3N.4H2O/c2*4-2(5)1-3(6)7;;;;;;;/h2*1H2,(H,4,5)(H,6,7);;2*1H3;4*1H2/q;;+2;;;;;;. The Morgan fingerprint density at radius 2 is 0.667 bits per heavy atom. The van der Waals surface area contributed by atoms with Crippen LogP contribution < -0.4 is 32.7 Å². The van der Waals surface area contributed by atoms with Crippen molar-refractivity contribution >= 4 is 23.9 Å². The van der Waals surface area contributed by atoms with Crippen molar-refractivity contribution in [2.24, 2.45) is 0 Å². The summed E-state index contributed by atoms with van der Waals surface area (Å²) in [5.74, 6) is -6.50. The van der Waals surface area contributed by atoms with Gasteiger partial charge in [-0.15, -0.1) is 0 Å². The van der Waals surface area contributed by atoms with Gasteiger partial charge in [0.05, 0.1) is 0 Å². The second-order valence-electron chi connectivity index (χ2n) is 1.84. The predicted octanol–water partition coefficient (Wildman–Crippen LogP) is -8.99. The molecular weight excluding hydrogens is 351 g/mol. The molecule has 0 saturated heterocycles. The fourth-order valence-corrected chi connectivity index (χ4v) is 0.236. The van der Waals surface area contributed by atoms with E-state index in [9.17, 15) is 39.6 Å². The molecule has 1 radical (unpaired) electrons. The van der Waals surface area contributed by atoms with Crippen molar-refractivity contribution < 1.29 is 78.3 Å². The minimum absolute atomic E-state index is 0. The van der Waals surface area contributed by atoms with Crippen LogP contribution in [0.4, 0.5) is 0 Å². The first-order chi connectivity index (χ1) is 6.25. The van der Waals surface area contributed by atoms with Crippen LogP contribution in [0.25, 0.3) is 0 Å². The van der Waals surface area contributed by atoms with Crippen molar-refractivity contribution in [3.05, 3.63) is 0 Å². The molecule has 0 aromatic heterocycles. The van der Waals surface area contributed by atoms with E-state index in [0.717, 1.165) is 0 Å². The summed E-state index contributed by atoms with van der Waals surface area (Å²) in [7, 11) is 0. The first kappa shape index (κ1) is 61.2. The summed E-state index contributed by atoms with van der Waals surface area (Å²) in [5.41, 5.74) is 0. The molecule has 0 saturated carbocycles. The van der Waals surface area contributed by atoms with Crippen LogP contribution >= 0.6 is 0 Å². The van der Waals surface area contributed by atoms with Gasteiger partial charge in [-0.3, -0.25) is 0 Å². The van der Waals surface area contributed by atoms with Crippen molar-refractivity contribution in [1.29, 1.82) is 0 Å². The van der Waals surface area contributed by atoms with Crippen LogP contribution in [-0.2, 0) is 46.9 Å². The topological polar surface area (TPSA) is 363 Å². The largest absolute Gasteiger partial charge is 2.00 e. The van der Waals surface area contributed by atoms with Crippen LogP contribution in [-0.4, -0.2) is 34.8 Å². The van der Waals surface area contributed by atoms with Crippen LogP contribution in [0, 0.1) is 0 Å². The number of carbonyl (C=O) groups excluding carboxylic acids is 4. The van der Waals surface area contributed by atoms with Crippen molar-refractivity contribution in [1.82, 2.24) is 12.3 Å². The van der Waals surface area contributed by atoms with E-state index in [1.807, 2.05) is 0 Å². The average Bonchev–Trinajstić information content (AvgIpc) is 1.79. The number of aliphatic carboxylic acids is 4. The fraction of sp³-hybridized carbons (Fsp3) is 0.333. The summed E-state index contributed by atoms with van der Waals surface area (Å²) in [5, 5.41) is 37.1. The smallest absolute Gasteiger partial charge is 0.550 e. The average molecular weight is 373 g/mol. The maximum Gasteiger partial charge on any atom is 2.00 e. The van der Waals surface area contributed by atoms with Gasteiger partial charge >= 0.3 is 16.8 Å². The molecular formula is C6H22CoN2O12+2. The Hall–Kier alpha value is -1.85. The molecule has 0 aliphatic rings. The van der Waals surface area contributed by atoms with Gasteiger partial charge in [0.1, 0.15) is 0 Å². The molecule has 0 aromatic rings. The number of carboxylic acid groups (broad SMARTS) is 4. The Morgan fingerprint density at radius 3 is 0.667 bits per heavy atom. The van der Waals surface area contributed by atoms with Gasteiger partial charge in [0.15, 0.2) is 0 Å². The van der Waals surface area contributed by atoms with E-state index in [1.165, 1.54) is 0 Å². The SMILES string of the molecule is O.O.O=C([O-])CC(=O)[O-].O=C([O-])CC(=O)[O-].[Co+2].[NH4+].[NH4+].[OH3+].[OH3+]. The Balaban J connectivity index is -0.0000000147. The molecule has 21 heavy (non-hydrogen) atoms. The fourth-order valence-electron chi connectivity index (χ4n) is 0.236. The summed E-state index contributed by atoms with van der Waals surface area (Å²) >= 11 is 0. The van der Waals surface area contributed by atoms with Gasteiger partial charge in [0, 0.05) is 36.7 Å². The number of carbonyl (C=O) groups is 4. The Morgan fingerprint density at radius 1 is 0.571 bits per heavy atom. The zero-order valence-electron chi connectivity index (χ0n) is 11.2. The summed E-state index contributed by atoms with van der Waals surface area (Å²) in [6.45, 7) is 0. The normalized spacial score (nSPS) is 5.33. The monoisotopic (exact) mass is 373 g/mol. The molecule has 0 aliphatic heterocycles. The third kappa shape index (κ3) is 125. The maximum absolute atomic E-state index is 9.28. The van der Waals surface area contributed by atoms with Gasteiger partial charge < -0.3 is 73.8 Å². The molecule has 0 spiro atoms. The van der Waals surface area contributed by atoms with Crippen molar-refractivity contribution in [2.45, 2.75) is 12.8 Å². The van der Waals surface area contributed by atoms with E-state index in [0.29, 0.717) is 0 Å². The van der Waals surface area contributed by atoms with Gasteiger partial charge in [-0.2, -0.15) is 0 Å². The van der Waals surface area contributed by atoms with E-state index in [1.54, 1.807) is 0 Å². The first-order valence-corrected chi connectivity index (χ1v) is 3.05. The second kappa shape index (κ2) is 36.2. The number of quaternary nitrogens is 2. The van der Waals surface area contributed by atoms with Crippen molar-refractivity contribution in [2.75, 3.05) is 0 Å². The van der Waals surface area contributed by atoms with Crippen molar-refractivity contribution in [3.8, 4) is 0 Å². The van der Waals surface area contributed by atoms with Gasteiger partial charge in [-0.1, -0.05) is 0 Å². The summed E-state index contributed by atoms with van der Waals surface area (Å²) < 4.78 is 0. The molecule has 18 N–H and O–H groups in total. The van der Waals surface area contributed by atoms with E-state index < -0.39 is 36.7 Å². The van der Waals surface area contributed by atoms with Crippen LogP contribution in [0.3, 0.4) is 0 Å². The van der Waals surface area contributed by atoms with Crippen LogP contribution in [0.1, 0.15) is 12.8 Å². The van der Waals surface area contributed by atoms with Gasteiger partial charge in [-0.25, -0.2) is 0 Å². The molecule has 0 aromatic carbocycles. The number of hydrogen-bond acceptors (Lipinski definition) is 8. The second-order valence-corrected chi connectivity index (χ2v) is 1.84. The minimum Gasteiger partial charge on any atom is -0.550 e. The molecule has 15 heteroatoms. The summed E-state index contributed by atoms with van der Waals surface area (Å²) in [6, 6.07) is 0. The van der Waals surface area contributed by atoms with Crippen LogP contribution in [0.15, 0.2) is 0 Å². The van der Waals surface area contributed by atoms with Crippen LogP contribution in [0.5, 0.6) is 0 Å². The van der Waals surface area contributed by atoms with E-state index >= 15 is 0 Å². The van der Waals surface area contributed by atoms with Gasteiger partial charge in [0.25, 0.3) is 0 Å². The van der Waals surface area contributed by atoms with Gasteiger partial charge in [0.2, 0.25) is 0 Å². The maximum atomic E-state index is 9.28. The van der Waals surface area contributed by atoms with Crippen molar-refractivity contribution in [3.63, 3.8) is 0 Å². The number of rotatable bonds is 4. The Kier molecular flexibility index (Phi) is 105.